The number of hydrogen-bond acceptors (Lipinski definition) is 1. The fourth-order valence-electron chi connectivity index (χ4n) is 1.75. The number of rotatable bonds is 7. The van der Waals surface area contributed by atoms with Gasteiger partial charge in [0, 0.05) is 23.8 Å². The minimum atomic E-state index is -0.153. The molecule has 0 unspecified atom stereocenters. The maximum absolute atomic E-state index is 6.01. The van der Waals surface area contributed by atoms with E-state index in [-0.39, 0.29) is 5.54 Å². The molecular weight excluding hydrogens is 265 g/mol. The van der Waals surface area contributed by atoms with Crippen LogP contribution in [0.5, 0.6) is 0 Å². The van der Waals surface area contributed by atoms with Gasteiger partial charge in [-0.1, -0.05) is 45.0 Å². The average Bonchev–Trinajstić information content (AvgIpc) is 2.41. The molecule has 0 heterocycles. The molecule has 0 bridgehead atoms. The Kier molecular flexibility index (Phi) is 6.48. The van der Waals surface area contributed by atoms with Crippen LogP contribution in [0.25, 0.3) is 0 Å². The van der Waals surface area contributed by atoms with Crippen molar-refractivity contribution in [2.75, 3.05) is 11.8 Å². The average molecular weight is 288 g/mol. The predicted octanol–water partition coefficient (Wildman–Crippen LogP) is 4.53. The zero-order valence-electron chi connectivity index (χ0n) is 11.5. The van der Waals surface area contributed by atoms with E-state index in [2.05, 4.69) is 50.4 Å². The van der Waals surface area contributed by atoms with Gasteiger partial charge in [0.05, 0.1) is 0 Å². The Morgan fingerprint density at radius 3 is 2.06 bits per heavy atom. The molecule has 0 aliphatic carbocycles. The van der Waals surface area contributed by atoms with E-state index >= 15 is 0 Å². The van der Waals surface area contributed by atoms with E-state index in [1.165, 1.54) is 11.1 Å². The van der Waals surface area contributed by atoms with E-state index < -0.39 is 0 Å². The Bertz CT molecular complexity index is 334. The van der Waals surface area contributed by atoms with Crippen LogP contribution in [0.1, 0.15) is 44.2 Å². The van der Waals surface area contributed by atoms with Crippen LogP contribution in [-0.4, -0.2) is 17.3 Å². The molecule has 1 nitrogen and oxygen atoms in total. The van der Waals surface area contributed by atoms with Crippen LogP contribution >= 0.6 is 23.2 Å². The molecule has 0 atom stereocenters. The van der Waals surface area contributed by atoms with Gasteiger partial charge in [0.2, 0.25) is 0 Å². The number of hydrogen-bond donors (Lipinski definition) is 1. The van der Waals surface area contributed by atoms with Crippen molar-refractivity contribution in [1.82, 2.24) is 5.32 Å². The first kappa shape index (κ1) is 15.8. The standard InChI is InChI=1S/C15H23Cl2N/c1-4-15(10-16,11-17)18-9-13-5-7-14(8-6-13)12(2)3/h5-8,12,18H,4,9-11H2,1-3H3. The van der Waals surface area contributed by atoms with E-state index in [0.29, 0.717) is 17.7 Å². The third-order valence-electron chi connectivity index (χ3n) is 3.50. The Hall–Kier alpha value is -0.240. The lowest BCUT2D eigenvalue weighted by Crippen LogP contribution is -2.47. The molecule has 18 heavy (non-hydrogen) atoms. The summed E-state index contributed by atoms with van der Waals surface area (Å²) < 4.78 is 0. The van der Waals surface area contributed by atoms with E-state index in [9.17, 15) is 0 Å². The maximum Gasteiger partial charge on any atom is 0.0453 e. The predicted molar refractivity (Wildman–Crippen MR) is 81.8 cm³/mol. The van der Waals surface area contributed by atoms with Crippen LogP contribution in [0, 0.1) is 0 Å². The molecule has 1 rings (SSSR count). The van der Waals surface area contributed by atoms with Crippen molar-refractivity contribution in [3.05, 3.63) is 35.4 Å². The van der Waals surface area contributed by atoms with Gasteiger partial charge in [-0.25, -0.2) is 0 Å². The van der Waals surface area contributed by atoms with Crippen molar-refractivity contribution in [3.8, 4) is 0 Å². The molecule has 3 heteroatoms. The molecule has 0 radical (unpaired) electrons. The number of halogens is 2. The third kappa shape index (κ3) is 4.15. The lowest BCUT2D eigenvalue weighted by Gasteiger charge is -2.29. The second-order valence-corrected chi connectivity index (χ2v) is 5.69. The normalized spacial score (nSPS) is 12.1. The van der Waals surface area contributed by atoms with Gasteiger partial charge in [0.15, 0.2) is 0 Å². The summed E-state index contributed by atoms with van der Waals surface area (Å²) in [4.78, 5) is 0. The van der Waals surface area contributed by atoms with Crippen molar-refractivity contribution in [3.63, 3.8) is 0 Å². The van der Waals surface area contributed by atoms with Gasteiger partial charge >= 0.3 is 0 Å². The van der Waals surface area contributed by atoms with Gasteiger partial charge in [-0.05, 0) is 23.5 Å². The zero-order valence-corrected chi connectivity index (χ0v) is 13.0. The molecule has 0 aliphatic rings. The summed E-state index contributed by atoms with van der Waals surface area (Å²) in [5, 5.41) is 3.48. The highest BCUT2D eigenvalue weighted by molar-refractivity contribution is 6.22. The van der Waals surface area contributed by atoms with E-state index in [1.807, 2.05) is 0 Å². The molecule has 0 aliphatic heterocycles. The summed E-state index contributed by atoms with van der Waals surface area (Å²) in [5.74, 6) is 1.65. The largest absolute Gasteiger partial charge is 0.305 e. The van der Waals surface area contributed by atoms with Crippen LogP contribution < -0.4 is 5.32 Å². The fraction of sp³-hybridized carbons (Fsp3) is 0.600. The molecule has 102 valence electrons. The van der Waals surface area contributed by atoms with Gasteiger partial charge in [-0.15, -0.1) is 23.2 Å². The summed E-state index contributed by atoms with van der Waals surface area (Å²) in [5.41, 5.74) is 2.49. The molecule has 0 saturated carbocycles. The summed E-state index contributed by atoms with van der Waals surface area (Å²) in [6.45, 7) is 7.33. The monoisotopic (exact) mass is 287 g/mol. The Morgan fingerprint density at radius 1 is 1.11 bits per heavy atom. The van der Waals surface area contributed by atoms with E-state index in [0.717, 1.165) is 13.0 Å². The van der Waals surface area contributed by atoms with Gasteiger partial charge < -0.3 is 5.32 Å². The molecule has 0 saturated heterocycles. The topological polar surface area (TPSA) is 12.0 Å². The molecule has 1 N–H and O–H groups in total. The molecule has 0 fully saturated rings. The fourth-order valence-corrected chi connectivity index (χ4v) is 2.61. The van der Waals surface area contributed by atoms with E-state index in [4.69, 9.17) is 23.2 Å². The first-order valence-corrected chi connectivity index (χ1v) is 7.59. The third-order valence-corrected chi connectivity index (χ3v) is 4.53. The first-order chi connectivity index (χ1) is 8.56. The van der Waals surface area contributed by atoms with Crippen molar-refractivity contribution in [2.45, 2.75) is 45.2 Å². The molecule has 0 spiro atoms. The molecule has 1 aromatic carbocycles. The lowest BCUT2D eigenvalue weighted by molar-refractivity contribution is 0.384. The SMILES string of the molecule is CCC(CCl)(CCl)NCc1ccc(C(C)C)cc1. The summed E-state index contributed by atoms with van der Waals surface area (Å²) in [7, 11) is 0. The zero-order chi connectivity index (χ0) is 13.6. The highest BCUT2D eigenvalue weighted by atomic mass is 35.5. The van der Waals surface area contributed by atoms with Crippen molar-refractivity contribution in [1.29, 1.82) is 0 Å². The Morgan fingerprint density at radius 2 is 1.67 bits per heavy atom. The molecular formula is C15H23Cl2N. The summed E-state index contributed by atoms with van der Waals surface area (Å²) in [6.07, 6.45) is 0.935. The highest BCUT2D eigenvalue weighted by Gasteiger charge is 2.25. The second kappa shape index (κ2) is 7.37. The first-order valence-electron chi connectivity index (χ1n) is 6.52. The van der Waals surface area contributed by atoms with Crippen LogP contribution in [0.15, 0.2) is 24.3 Å². The molecule has 0 aromatic heterocycles. The number of alkyl halides is 2. The van der Waals surface area contributed by atoms with Crippen molar-refractivity contribution in [2.24, 2.45) is 0 Å². The quantitative estimate of drug-likeness (QED) is 0.727. The Labute approximate surface area is 121 Å². The molecule has 0 amide bonds. The van der Waals surface area contributed by atoms with Gasteiger partial charge in [-0.3, -0.25) is 0 Å². The molecule has 1 aromatic rings. The second-order valence-electron chi connectivity index (χ2n) is 5.15. The minimum Gasteiger partial charge on any atom is -0.305 e. The highest BCUT2D eigenvalue weighted by Crippen LogP contribution is 2.18. The smallest absolute Gasteiger partial charge is 0.0453 e. The summed E-state index contributed by atoms with van der Waals surface area (Å²) >= 11 is 12.0. The van der Waals surface area contributed by atoms with Crippen LogP contribution in [0.3, 0.4) is 0 Å². The van der Waals surface area contributed by atoms with Crippen molar-refractivity contribution >= 4 is 23.2 Å². The van der Waals surface area contributed by atoms with Crippen molar-refractivity contribution < 1.29 is 0 Å². The van der Waals surface area contributed by atoms with Gasteiger partial charge in [0.25, 0.3) is 0 Å². The van der Waals surface area contributed by atoms with Crippen LogP contribution in [0.2, 0.25) is 0 Å². The van der Waals surface area contributed by atoms with E-state index in [1.54, 1.807) is 0 Å². The minimum absolute atomic E-state index is 0.153. The van der Waals surface area contributed by atoms with Crippen LogP contribution in [-0.2, 0) is 6.54 Å². The number of benzene rings is 1. The van der Waals surface area contributed by atoms with Gasteiger partial charge in [-0.2, -0.15) is 0 Å². The maximum atomic E-state index is 6.01. The van der Waals surface area contributed by atoms with Gasteiger partial charge in [0.1, 0.15) is 0 Å². The lowest BCUT2D eigenvalue weighted by atomic mass is 9.99. The van der Waals surface area contributed by atoms with Crippen LogP contribution in [0.4, 0.5) is 0 Å². The Balaban J connectivity index is 2.62. The summed E-state index contributed by atoms with van der Waals surface area (Å²) in [6, 6.07) is 8.73. The number of nitrogens with one attached hydrogen (secondary N) is 1.